The van der Waals surface area contributed by atoms with Gasteiger partial charge < -0.3 is 4.74 Å². The van der Waals surface area contributed by atoms with Crippen LogP contribution in [0, 0.1) is 5.82 Å². The van der Waals surface area contributed by atoms with Crippen molar-refractivity contribution >= 4 is 28.3 Å². The summed E-state index contributed by atoms with van der Waals surface area (Å²) in [4.78, 5) is 28.4. The van der Waals surface area contributed by atoms with Gasteiger partial charge in [-0.3, -0.25) is 10.1 Å². The van der Waals surface area contributed by atoms with Gasteiger partial charge in [0.25, 0.3) is 5.91 Å². The molecule has 1 aromatic heterocycles. The first-order valence-electron chi connectivity index (χ1n) is 9.43. The van der Waals surface area contributed by atoms with Gasteiger partial charge in [0.05, 0.1) is 11.3 Å². The lowest BCUT2D eigenvalue weighted by Gasteiger charge is -2.05. The molecule has 0 aliphatic rings. The van der Waals surface area contributed by atoms with E-state index >= 15 is 0 Å². The quantitative estimate of drug-likeness (QED) is 0.414. The zero-order chi connectivity index (χ0) is 21.6. The number of esters is 1. The Morgan fingerprint density at radius 3 is 2.26 bits per heavy atom. The largest absolute Gasteiger partial charge is 0.452 e. The summed E-state index contributed by atoms with van der Waals surface area (Å²) in [6.07, 6.45) is 0. The molecule has 5 nitrogen and oxygen atoms in total. The van der Waals surface area contributed by atoms with E-state index in [2.05, 4.69) is 10.3 Å². The van der Waals surface area contributed by atoms with Crippen LogP contribution in [0.4, 0.5) is 9.52 Å². The Balaban J connectivity index is 1.35. The predicted octanol–water partition coefficient (Wildman–Crippen LogP) is 5.41. The van der Waals surface area contributed by atoms with Crippen molar-refractivity contribution in [2.45, 2.75) is 0 Å². The number of nitrogens with one attached hydrogen (secondary N) is 1. The van der Waals surface area contributed by atoms with Crippen molar-refractivity contribution in [1.29, 1.82) is 0 Å². The molecule has 7 heteroatoms. The second-order valence-electron chi connectivity index (χ2n) is 6.59. The average molecular weight is 432 g/mol. The number of aromatic nitrogens is 1. The summed E-state index contributed by atoms with van der Waals surface area (Å²) in [7, 11) is 0. The lowest BCUT2D eigenvalue weighted by Crippen LogP contribution is -2.21. The van der Waals surface area contributed by atoms with Gasteiger partial charge in [-0.1, -0.05) is 66.7 Å². The maximum Gasteiger partial charge on any atom is 0.341 e. The standard InChI is InChI=1S/C24H17FN2O3S/c25-20-9-5-4-8-19(20)23(29)30-14-22(28)27-24-26-21(15-31-24)18-12-10-17(11-13-18)16-6-2-1-3-7-16/h1-13,15H,14H2,(H,26,27,28). The normalized spacial score (nSPS) is 10.5. The molecule has 4 rings (SSSR count). The summed E-state index contributed by atoms with van der Waals surface area (Å²) in [6.45, 7) is -0.534. The van der Waals surface area contributed by atoms with Gasteiger partial charge in [-0.05, 0) is 23.3 Å². The Labute approximate surface area is 182 Å². The van der Waals surface area contributed by atoms with Crippen LogP contribution in [0.25, 0.3) is 22.4 Å². The van der Waals surface area contributed by atoms with E-state index in [0.717, 1.165) is 28.5 Å². The summed E-state index contributed by atoms with van der Waals surface area (Å²) in [5, 5.41) is 4.80. The summed E-state index contributed by atoms with van der Waals surface area (Å²) in [5.41, 5.74) is 3.66. The van der Waals surface area contributed by atoms with Crippen LogP contribution in [0.3, 0.4) is 0 Å². The maximum atomic E-state index is 13.6. The van der Waals surface area contributed by atoms with Crippen LogP contribution in [-0.2, 0) is 9.53 Å². The molecule has 0 unspecified atom stereocenters. The number of amides is 1. The van der Waals surface area contributed by atoms with Crippen molar-refractivity contribution in [3.63, 3.8) is 0 Å². The minimum absolute atomic E-state index is 0.217. The Bertz CT molecular complexity index is 1210. The van der Waals surface area contributed by atoms with Crippen LogP contribution in [0.15, 0.2) is 84.2 Å². The number of anilines is 1. The van der Waals surface area contributed by atoms with Gasteiger partial charge in [0.1, 0.15) is 5.82 Å². The van der Waals surface area contributed by atoms with Crippen LogP contribution >= 0.6 is 11.3 Å². The SMILES string of the molecule is O=C(COC(=O)c1ccccc1F)Nc1nc(-c2ccc(-c3ccccc3)cc2)cs1. The zero-order valence-electron chi connectivity index (χ0n) is 16.2. The predicted molar refractivity (Wildman–Crippen MR) is 118 cm³/mol. The fourth-order valence-electron chi connectivity index (χ4n) is 2.92. The van der Waals surface area contributed by atoms with Gasteiger partial charge in [0.2, 0.25) is 0 Å². The van der Waals surface area contributed by atoms with E-state index in [-0.39, 0.29) is 5.56 Å². The van der Waals surface area contributed by atoms with Gasteiger partial charge >= 0.3 is 5.97 Å². The molecule has 0 spiro atoms. The number of ether oxygens (including phenoxy) is 1. The monoisotopic (exact) mass is 432 g/mol. The van der Waals surface area contributed by atoms with Crippen molar-refractivity contribution < 1.29 is 18.7 Å². The molecule has 0 saturated heterocycles. The first kappa shape index (κ1) is 20.4. The van der Waals surface area contributed by atoms with E-state index in [9.17, 15) is 14.0 Å². The molecule has 0 aliphatic heterocycles. The van der Waals surface area contributed by atoms with Crippen LogP contribution in [-0.4, -0.2) is 23.5 Å². The van der Waals surface area contributed by atoms with E-state index in [4.69, 9.17) is 4.74 Å². The third-order valence-electron chi connectivity index (χ3n) is 4.47. The van der Waals surface area contributed by atoms with Gasteiger partial charge in [-0.25, -0.2) is 14.2 Å². The molecule has 3 aromatic carbocycles. The first-order chi connectivity index (χ1) is 15.1. The number of thiazole rings is 1. The smallest absolute Gasteiger partial charge is 0.341 e. The number of halogens is 1. The molecule has 0 atom stereocenters. The zero-order valence-corrected chi connectivity index (χ0v) is 17.1. The molecule has 154 valence electrons. The van der Waals surface area contributed by atoms with Crippen molar-refractivity contribution in [3.05, 3.63) is 95.6 Å². The van der Waals surface area contributed by atoms with Crippen LogP contribution in [0.2, 0.25) is 0 Å². The van der Waals surface area contributed by atoms with E-state index in [1.807, 2.05) is 60.0 Å². The highest BCUT2D eigenvalue weighted by atomic mass is 32.1. The molecule has 0 radical (unpaired) electrons. The second-order valence-corrected chi connectivity index (χ2v) is 7.44. The minimum Gasteiger partial charge on any atom is -0.452 e. The molecule has 1 amide bonds. The van der Waals surface area contributed by atoms with E-state index in [1.165, 1.54) is 29.5 Å². The van der Waals surface area contributed by atoms with Crippen molar-refractivity contribution in [1.82, 2.24) is 4.98 Å². The molecule has 0 fully saturated rings. The minimum atomic E-state index is -0.897. The van der Waals surface area contributed by atoms with E-state index in [1.54, 1.807) is 0 Å². The summed E-state index contributed by atoms with van der Waals surface area (Å²) < 4.78 is 18.5. The topological polar surface area (TPSA) is 68.3 Å². The molecule has 0 saturated carbocycles. The van der Waals surface area contributed by atoms with E-state index < -0.39 is 24.3 Å². The number of hydrogen-bond donors (Lipinski definition) is 1. The van der Waals surface area contributed by atoms with Crippen LogP contribution in [0.5, 0.6) is 0 Å². The number of carbonyl (C=O) groups excluding carboxylic acids is 2. The summed E-state index contributed by atoms with van der Waals surface area (Å²) >= 11 is 1.26. The Morgan fingerprint density at radius 1 is 0.871 bits per heavy atom. The number of carbonyl (C=O) groups is 2. The van der Waals surface area contributed by atoms with Crippen molar-refractivity contribution in [2.24, 2.45) is 0 Å². The molecular weight excluding hydrogens is 415 g/mol. The number of nitrogens with zero attached hydrogens (tertiary/aromatic N) is 1. The van der Waals surface area contributed by atoms with E-state index in [0.29, 0.717) is 5.13 Å². The Kier molecular flexibility index (Phi) is 6.14. The highest BCUT2D eigenvalue weighted by Crippen LogP contribution is 2.27. The average Bonchev–Trinajstić information content (AvgIpc) is 3.27. The van der Waals surface area contributed by atoms with Gasteiger partial charge in [-0.15, -0.1) is 11.3 Å². The molecular formula is C24H17FN2O3S. The highest BCUT2D eigenvalue weighted by Gasteiger charge is 2.15. The molecule has 0 bridgehead atoms. The number of hydrogen-bond acceptors (Lipinski definition) is 5. The number of benzene rings is 3. The second kappa shape index (κ2) is 9.32. The van der Waals surface area contributed by atoms with Gasteiger partial charge in [0.15, 0.2) is 11.7 Å². The van der Waals surface area contributed by atoms with Crippen LogP contribution in [0.1, 0.15) is 10.4 Å². The van der Waals surface area contributed by atoms with Gasteiger partial charge in [0, 0.05) is 10.9 Å². The van der Waals surface area contributed by atoms with Crippen molar-refractivity contribution in [3.8, 4) is 22.4 Å². The summed E-state index contributed by atoms with van der Waals surface area (Å²) in [6, 6.07) is 23.5. The first-order valence-corrected chi connectivity index (χ1v) is 10.3. The highest BCUT2D eigenvalue weighted by molar-refractivity contribution is 7.14. The fraction of sp³-hybridized carbons (Fsp3) is 0.0417. The third-order valence-corrected chi connectivity index (χ3v) is 5.22. The molecule has 1 heterocycles. The van der Waals surface area contributed by atoms with Crippen LogP contribution < -0.4 is 5.32 Å². The molecule has 31 heavy (non-hydrogen) atoms. The molecule has 4 aromatic rings. The summed E-state index contributed by atoms with van der Waals surface area (Å²) in [5.74, 6) is -2.15. The lowest BCUT2D eigenvalue weighted by molar-refractivity contribution is -0.119. The maximum absolute atomic E-state index is 13.6. The van der Waals surface area contributed by atoms with Crippen molar-refractivity contribution in [2.75, 3.05) is 11.9 Å². The molecule has 0 aliphatic carbocycles. The fourth-order valence-corrected chi connectivity index (χ4v) is 3.65. The Hall–Kier alpha value is -3.84. The Morgan fingerprint density at radius 2 is 1.52 bits per heavy atom. The number of rotatable bonds is 6. The molecule has 1 N–H and O–H groups in total. The lowest BCUT2D eigenvalue weighted by atomic mass is 10.0. The third kappa shape index (κ3) is 5.02. The van der Waals surface area contributed by atoms with Gasteiger partial charge in [-0.2, -0.15) is 0 Å².